The van der Waals surface area contributed by atoms with Crippen LogP contribution in [0, 0.1) is 29.1 Å². The molecule has 4 aliphatic carbocycles. The first-order valence-electron chi connectivity index (χ1n) is 18.3. The molecule has 5 rings (SSSR count). The maximum Gasteiger partial charge on any atom is 0.272 e. The second kappa shape index (κ2) is 15.9. The minimum Gasteiger partial charge on any atom is -0.381 e. The van der Waals surface area contributed by atoms with Crippen molar-refractivity contribution in [3.8, 4) is 0 Å². The maximum atomic E-state index is 14.1. The summed E-state index contributed by atoms with van der Waals surface area (Å²) in [5, 5.41) is 25.7. The first kappa shape index (κ1) is 36.7. The Bertz CT molecular complexity index is 1340. The Labute approximate surface area is 289 Å². The van der Waals surface area contributed by atoms with E-state index in [-0.39, 0.29) is 41.3 Å². The zero-order chi connectivity index (χ0) is 35.3. The van der Waals surface area contributed by atoms with Crippen LogP contribution in [0.3, 0.4) is 0 Å². The molecule has 8 unspecified atom stereocenters. The smallest absolute Gasteiger partial charge is 0.272 e. The molecule has 270 valence electrons. The van der Waals surface area contributed by atoms with Crippen LogP contribution in [0.5, 0.6) is 0 Å². The maximum absolute atomic E-state index is 14.1. The fraction of sp³-hybridized carbons (Fsp3) is 0.750. The molecule has 0 aromatic carbocycles. The van der Waals surface area contributed by atoms with Gasteiger partial charge in [-0.15, -0.1) is 0 Å². The zero-order valence-electron chi connectivity index (χ0n) is 29.4. The lowest BCUT2D eigenvalue weighted by molar-refractivity contribution is -0.136. The number of carbonyl (C=O) groups is 5. The molecule has 8 atom stereocenters. The molecule has 13 nitrogen and oxygen atoms in total. The number of carbonyl (C=O) groups excluding carboxylic acids is 5. The second-order valence-corrected chi connectivity index (χ2v) is 15.8. The molecular weight excluding hydrogens is 626 g/mol. The average Bonchev–Trinajstić information content (AvgIpc) is 3.66. The molecule has 1 aromatic heterocycles. The molecule has 5 amide bonds. The Hall–Kier alpha value is -3.61. The van der Waals surface area contributed by atoms with Crippen LogP contribution in [0.2, 0.25) is 0 Å². The van der Waals surface area contributed by atoms with Gasteiger partial charge < -0.3 is 31.7 Å². The average molecular weight is 682 g/mol. The predicted molar refractivity (Wildman–Crippen MR) is 182 cm³/mol. The number of nitrogens with zero attached hydrogens (tertiary/aromatic N) is 2. The van der Waals surface area contributed by atoms with E-state index in [1.807, 2.05) is 27.7 Å². The van der Waals surface area contributed by atoms with Gasteiger partial charge in [-0.2, -0.15) is 0 Å². The quantitative estimate of drug-likeness (QED) is 0.172. The van der Waals surface area contributed by atoms with Gasteiger partial charge in [0.15, 0.2) is 6.10 Å². The summed E-state index contributed by atoms with van der Waals surface area (Å²) in [5.41, 5.74) is -0.578. The number of amides is 5. The van der Waals surface area contributed by atoms with Crippen molar-refractivity contribution >= 4 is 29.5 Å². The van der Waals surface area contributed by atoms with Crippen molar-refractivity contribution < 1.29 is 29.1 Å². The first-order valence-corrected chi connectivity index (χ1v) is 18.3. The van der Waals surface area contributed by atoms with Crippen LogP contribution in [0.15, 0.2) is 18.6 Å². The summed E-state index contributed by atoms with van der Waals surface area (Å²) in [6.07, 6.45) is 12.9. The summed E-state index contributed by atoms with van der Waals surface area (Å²) in [6.45, 7) is 7.56. The van der Waals surface area contributed by atoms with Crippen molar-refractivity contribution in [2.45, 2.75) is 141 Å². The van der Waals surface area contributed by atoms with Crippen LogP contribution < -0.4 is 26.6 Å². The van der Waals surface area contributed by atoms with Gasteiger partial charge in [-0.05, 0) is 74.5 Å². The molecule has 1 aromatic rings. The SMILES string of the molecule is CCCC(NC(=O)C1C2CCC(C2)C1NC(=O)C(NC(=O)C(NC(=O)c1cnccn1)C1CCCCC1)C(C)(C)C)C(O)C(=O)NC1CC1. The molecule has 13 heteroatoms. The summed E-state index contributed by atoms with van der Waals surface area (Å²) in [7, 11) is 0. The summed E-state index contributed by atoms with van der Waals surface area (Å²) >= 11 is 0. The Morgan fingerprint density at radius 2 is 1.57 bits per heavy atom. The van der Waals surface area contributed by atoms with Gasteiger partial charge in [-0.25, -0.2) is 4.98 Å². The molecule has 0 aliphatic heterocycles. The van der Waals surface area contributed by atoms with Gasteiger partial charge in [0.05, 0.1) is 18.2 Å². The lowest BCUT2D eigenvalue weighted by atomic mass is 9.81. The number of aromatic nitrogens is 2. The van der Waals surface area contributed by atoms with E-state index in [2.05, 4.69) is 36.6 Å². The molecule has 6 N–H and O–H groups in total. The van der Waals surface area contributed by atoms with Gasteiger partial charge in [0.2, 0.25) is 17.7 Å². The number of aliphatic hydroxyl groups excluding tert-OH is 1. The van der Waals surface area contributed by atoms with Crippen molar-refractivity contribution in [2.75, 3.05) is 0 Å². The minimum atomic E-state index is -1.36. The van der Waals surface area contributed by atoms with Gasteiger partial charge in [0.1, 0.15) is 17.8 Å². The molecule has 4 aliphatic rings. The van der Waals surface area contributed by atoms with E-state index in [4.69, 9.17) is 0 Å². The molecule has 4 fully saturated rings. The van der Waals surface area contributed by atoms with Crippen molar-refractivity contribution in [1.29, 1.82) is 0 Å². The van der Waals surface area contributed by atoms with Crippen LogP contribution in [0.1, 0.15) is 115 Å². The van der Waals surface area contributed by atoms with Crippen molar-refractivity contribution in [1.82, 2.24) is 36.6 Å². The van der Waals surface area contributed by atoms with Crippen molar-refractivity contribution in [3.63, 3.8) is 0 Å². The molecule has 0 spiro atoms. The molecule has 49 heavy (non-hydrogen) atoms. The molecular formula is C36H55N7O6. The minimum absolute atomic E-state index is 0.0738. The third-order valence-electron chi connectivity index (χ3n) is 10.9. The van der Waals surface area contributed by atoms with E-state index >= 15 is 0 Å². The molecule has 1 heterocycles. The second-order valence-electron chi connectivity index (χ2n) is 15.8. The van der Waals surface area contributed by atoms with E-state index in [1.165, 1.54) is 18.6 Å². The number of aliphatic hydroxyl groups is 1. The van der Waals surface area contributed by atoms with E-state index < -0.39 is 59.3 Å². The van der Waals surface area contributed by atoms with Crippen LogP contribution >= 0.6 is 0 Å². The molecule has 2 bridgehead atoms. The predicted octanol–water partition coefficient (Wildman–Crippen LogP) is 2.14. The fourth-order valence-electron chi connectivity index (χ4n) is 8.12. The van der Waals surface area contributed by atoms with Crippen LogP contribution in [0.25, 0.3) is 0 Å². The van der Waals surface area contributed by atoms with Gasteiger partial charge in [0.25, 0.3) is 11.8 Å². The Morgan fingerprint density at radius 1 is 0.857 bits per heavy atom. The number of fused-ring (bicyclic) bond motifs is 2. The highest BCUT2D eigenvalue weighted by Crippen LogP contribution is 2.49. The summed E-state index contributed by atoms with van der Waals surface area (Å²) in [6, 6.07) is -2.88. The van der Waals surface area contributed by atoms with Crippen LogP contribution in [-0.2, 0) is 19.2 Å². The number of hydrogen-bond acceptors (Lipinski definition) is 8. The summed E-state index contributed by atoms with van der Waals surface area (Å²) in [4.78, 5) is 75.9. The molecule has 0 radical (unpaired) electrons. The number of hydrogen-bond donors (Lipinski definition) is 6. The zero-order valence-corrected chi connectivity index (χ0v) is 29.4. The highest BCUT2D eigenvalue weighted by molar-refractivity contribution is 5.97. The number of rotatable bonds is 14. The van der Waals surface area contributed by atoms with E-state index in [0.29, 0.717) is 12.8 Å². The third-order valence-corrected chi connectivity index (χ3v) is 10.9. The molecule has 4 saturated carbocycles. The Kier molecular flexibility index (Phi) is 11.9. The third kappa shape index (κ3) is 9.15. The molecule has 0 saturated heterocycles. The van der Waals surface area contributed by atoms with Crippen LogP contribution in [-0.4, -0.2) is 80.9 Å². The highest BCUT2D eigenvalue weighted by atomic mass is 16.3. The van der Waals surface area contributed by atoms with Crippen molar-refractivity contribution in [3.05, 3.63) is 24.3 Å². The highest BCUT2D eigenvalue weighted by Gasteiger charge is 2.53. The standard InChI is InChI=1S/C36H55N7O6/c1-5-9-24(29(44)34(48)39-23-14-15-23)40-32(46)26-21-12-13-22(18-21)27(26)41-35(49)30(36(2,3)4)43-33(47)28(20-10-7-6-8-11-20)42-31(45)25-19-37-16-17-38-25/h16-17,19-24,26-30,44H,5-15,18H2,1-4H3,(H,39,48)(H,40,46)(H,41,49)(H,42,45)(H,43,47). The van der Waals surface area contributed by atoms with E-state index in [9.17, 15) is 29.1 Å². The first-order chi connectivity index (χ1) is 23.4. The lowest BCUT2D eigenvalue weighted by Gasteiger charge is -2.37. The monoisotopic (exact) mass is 681 g/mol. The summed E-state index contributed by atoms with van der Waals surface area (Å²) in [5.74, 6) is -2.47. The Morgan fingerprint density at radius 3 is 2.20 bits per heavy atom. The Balaban J connectivity index is 1.29. The van der Waals surface area contributed by atoms with Gasteiger partial charge in [0, 0.05) is 24.5 Å². The van der Waals surface area contributed by atoms with E-state index in [0.717, 1.165) is 64.2 Å². The van der Waals surface area contributed by atoms with Gasteiger partial charge >= 0.3 is 0 Å². The van der Waals surface area contributed by atoms with Crippen LogP contribution in [0.4, 0.5) is 0 Å². The fourth-order valence-corrected chi connectivity index (χ4v) is 8.12. The van der Waals surface area contributed by atoms with Gasteiger partial charge in [-0.1, -0.05) is 53.4 Å². The van der Waals surface area contributed by atoms with Crippen molar-refractivity contribution in [2.24, 2.45) is 29.1 Å². The lowest BCUT2D eigenvalue weighted by Crippen LogP contribution is -2.62. The largest absolute Gasteiger partial charge is 0.381 e. The topological polar surface area (TPSA) is 192 Å². The number of nitrogens with one attached hydrogen (secondary N) is 5. The van der Waals surface area contributed by atoms with Gasteiger partial charge in [-0.3, -0.25) is 29.0 Å². The normalized spacial score (nSPS) is 26.1. The van der Waals surface area contributed by atoms with E-state index in [1.54, 1.807) is 0 Å². The summed E-state index contributed by atoms with van der Waals surface area (Å²) < 4.78 is 0.